The molecule has 5 heteroatoms. The van der Waals surface area contributed by atoms with Crippen molar-refractivity contribution in [3.63, 3.8) is 0 Å². The van der Waals surface area contributed by atoms with Crippen LogP contribution in [-0.4, -0.2) is 18.0 Å². The van der Waals surface area contributed by atoms with E-state index in [1.807, 2.05) is 73.8 Å². The van der Waals surface area contributed by atoms with Gasteiger partial charge < -0.3 is 14.4 Å². The molecule has 211 valence electrons. The van der Waals surface area contributed by atoms with Crippen molar-refractivity contribution in [2.24, 2.45) is 0 Å². The minimum Gasteiger partial charge on any atom is -0.501 e. The molecule has 0 bridgehead atoms. The van der Waals surface area contributed by atoms with Crippen molar-refractivity contribution >= 4 is 35.2 Å². The molecule has 0 saturated carbocycles. The summed E-state index contributed by atoms with van der Waals surface area (Å²) >= 11 is 0. The predicted molar refractivity (Wildman–Crippen MR) is 171 cm³/mol. The van der Waals surface area contributed by atoms with Gasteiger partial charge in [-0.15, -0.1) is 53.2 Å². The smallest absolute Gasteiger partial charge is 0.120 e. The molecule has 0 amide bonds. The van der Waals surface area contributed by atoms with Crippen LogP contribution in [0, 0.1) is 26.0 Å². The summed E-state index contributed by atoms with van der Waals surface area (Å²) in [6.07, 6.45) is 3.40. The molecule has 6 rings (SSSR count). The first-order valence-corrected chi connectivity index (χ1v) is 16.8. The number of benzene rings is 3. The summed E-state index contributed by atoms with van der Waals surface area (Å²) in [7, 11) is -1.75. The summed E-state index contributed by atoms with van der Waals surface area (Å²) in [5.74, 6) is -1.61. The Labute approximate surface area is 266 Å². The van der Waals surface area contributed by atoms with Crippen LogP contribution in [0.15, 0.2) is 89.6 Å². The Morgan fingerprint density at radius 1 is 0.878 bits per heavy atom. The van der Waals surface area contributed by atoms with Gasteiger partial charge in [0.25, 0.3) is 0 Å². The van der Waals surface area contributed by atoms with Crippen molar-refractivity contribution in [3.8, 4) is 22.5 Å². The number of pyridine rings is 2. The molecule has 1 radical (unpaired) electrons. The van der Waals surface area contributed by atoms with Crippen molar-refractivity contribution in [2.45, 2.75) is 53.1 Å². The van der Waals surface area contributed by atoms with E-state index in [4.69, 9.17) is 12.6 Å². The summed E-state index contributed by atoms with van der Waals surface area (Å²) in [5.41, 5.74) is 6.40. The average molecular weight is 739 g/mol. The monoisotopic (exact) mass is 739 g/mol. The second-order valence-corrected chi connectivity index (χ2v) is 16.0. The SMILES string of the molecule is Cc1ccc(-c2[c-]cccc2)nc1.[2H]C([2H])([2H])C(c1cc(-c2[c-]cc([Si](C)(C)C)c3c2oc2ccccc23)ncc1C)C([2H])([2H])[2H].[Ir]. The molecule has 0 saturated heterocycles. The minimum absolute atomic E-state index is 0. The number of rotatable bonds is 4. The van der Waals surface area contributed by atoms with Crippen LogP contribution in [-0.2, 0) is 20.1 Å². The summed E-state index contributed by atoms with van der Waals surface area (Å²) in [6, 6.07) is 29.8. The maximum Gasteiger partial charge on any atom is 0.120 e. The third kappa shape index (κ3) is 6.59. The van der Waals surface area contributed by atoms with E-state index in [2.05, 4.69) is 47.8 Å². The number of hydrogen-bond acceptors (Lipinski definition) is 3. The second kappa shape index (κ2) is 12.6. The van der Waals surface area contributed by atoms with Crippen LogP contribution in [0.4, 0.5) is 0 Å². The molecule has 0 spiro atoms. The summed E-state index contributed by atoms with van der Waals surface area (Å²) in [6.45, 7) is 5.13. The number of fused-ring (bicyclic) bond motifs is 3. The fraction of sp³-hybridized carbons (Fsp3) is 0.222. The van der Waals surface area contributed by atoms with Crippen LogP contribution < -0.4 is 5.19 Å². The second-order valence-electron chi connectivity index (χ2n) is 11.0. The zero-order valence-electron chi connectivity index (χ0n) is 29.8. The van der Waals surface area contributed by atoms with Gasteiger partial charge in [-0.1, -0.05) is 80.7 Å². The van der Waals surface area contributed by atoms with Crippen LogP contribution in [0.5, 0.6) is 0 Å². The first-order valence-electron chi connectivity index (χ1n) is 16.3. The Morgan fingerprint density at radius 2 is 1.63 bits per heavy atom. The van der Waals surface area contributed by atoms with Gasteiger partial charge in [0.15, 0.2) is 0 Å². The molecular weight excluding hydrogens is 697 g/mol. The van der Waals surface area contributed by atoms with Crippen LogP contribution >= 0.6 is 0 Å². The maximum atomic E-state index is 7.89. The Kier molecular flexibility index (Phi) is 7.16. The first kappa shape index (κ1) is 23.2. The molecule has 3 heterocycles. The van der Waals surface area contributed by atoms with Gasteiger partial charge in [-0.05, 0) is 53.9 Å². The predicted octanol–water partition coefficient (Wildman–Crippen LogP) is 9.28. The molecule has 0 aliphatic rings. The molecule has 0 unspecified atom stereocenters. The third-order valence-electron chi connectivity index (χ3n) is 6.87. The van der Waals surface area contributed by atoms with Crippen LogP contribution in [0.2, 0.25) is 19.6 Å². The molecule has 3 aromatic carbocycles. The van der Waals surface area contributed by atoms with Crippen molar-refractivity contribution in [3.05, 3.63) is 114 Å². The van der Waals surface area contributed by atoms with E-state index in [1.165, 1.54) is 16.9 Å². The zero-order valence-corrected chi connectivity index (χ0v) is 27.2. The van der Waals surface area contributed by atoms with Gasteiger partial charge in [-0.25, -0.2) is 0 Å². The van der Waals surface area contributed by atoms with Crippen molar-refractivity contribution < 1.29 is 32.7 Å². The number of furan rings is 1. The Bertz CT molecular complexity index is 1970. The van der Waals surface area contributed by atoms with Crippen LogP contribution in [0.25, 0.3) is 44.5 Å². The van der Waals surface area contributed by atoms with Gasteiger partial charge in [0.1, 0.15) is 5.58 Å². The number of aromatic nitrogens is 2. The zero-order chi connectivity index (χ0) is 33.4. The molecule has 0 aliphatic carbocycles. The molecule has 0 atom stereocenters. The van der Waals surface area contributed by atoms with Gasteiger partial charge in [0.2, 0.25) is 0 Å². The van der Waals surface area contributed by atoms with Gasteiger partial charge in [0.05, 0.1) is 5.58 Å². The van der Waals surface area contributed by atoms with E-state index >= 15 is 0 Å². The van der Waals surface area contributed by atoms with Crippen LogP contribution in [0.3, 0.4) is 0 Å². The van der Waals surface area contributed by atoms with Crippen molar-refractivity contribution in [1.82, 2.24) is 9.97 Å². The Morgan fingerprint density at radius 3 is 2.32 bits per heavy atom. The molecule has 41 heavy (non-hydrogen) atoms. The third-order valence-corrected chi connectivity index (χ3v) is 8.88. The van der Waals surface area contributed by atoms with E-state index in [-0.39, 0.29) is 25.7 Å². The summed E-state index contributed by atoms with van der Waals surface area (Å²) in [4.78, 5) is 8.84. The van der Waals surface area contributed by atoms with Crippen molar-refractivity contribution in [2.75, 3.05) is 0 Å². The largest absolute Gasteiger partial charge is 0.501 e. The van der Waals surface area contributed by atoms with Crippen LogP contribution in [0.1, 0.15) is 44.5 Å². The Balaban J connectivity index is 0.000000298. The molecule has 0 aliphatic heterocycles. The average Bonchev–Trinajstić information content (AvgIpc) is 3.37. The maximum absolute atomic E-state index is 7.89. The molecular formula is C36H36IrN2OSi-2. The van der Waals surface area contributed by atoms with E-state index < -0.39 is 27.7 Å². The molecule has 6 aromatic rings. The standard InChI is InChI=1S/C24H26NOSi.C12H10N.Ir/c1-15(2)19-13-20(25-14-16(19)3)17-11-12-22(27(4,5)6)23-18-9-7-8-10-21(18)26-24(17)23;1-10-7-8-12(13-9-10)11-5-3-2-4-6-11;/h7-10,12-15H,1-6H3;2-5,7-9H,1H3;/q2*-1;/i1D3,2D3;;. The number of nitrogens with zero attached hydrogens (tertiary/aromatic N) is 2. The van der Waals surface area contributed by atoms with E-state index in [0.29, 0.717) is 22.4 Å². The molecule has 0 N–H and O–H groups in total. The van der Waals surface area contributed by atoms with Gasteiger partial charge in [-0.2, -0.15) is 0 Å². The topological polar surface area (TPSA) is 38.9 Å². The normalized spacial score (nSPS) is 14.1. The molecule has 3 nitrogen and oxygen atoms in total. The number of para-hydroxylation sites is 1. The summed E-state index contributed by atoms with van der Waals surface area (Å²) in [5, 5.41) is 3.24. The van der Waals surface area contributed by atoms with E-state index in [1.54, 1.807) is 13.0 Å². The fourth-order valence-electron chi connectivity index (χ4n) is 4.72. The van der Waals surface area contributed by atoms with Gasteiger partial charge >= 0.3 is 0 Å². The fourth-order valence-corrected chi connectivity index (χ4v) is 6.22. The quantitative estimate of drug-likeness (QED) is 0.134. The van der Waals surface area contributed by atoms with E-state index in [0.717, 1.165) is 27.6 Å². The van der Waals surface area contributed by atoms with Gasteiger partial charge in [0, 0.05) is 54.2 Å². The minimum atomic E-state index is -2.69. The first-order chi connectivity index (χ1) is 21.6. The number of aryl methyl sites for hydroxylation is 2. The van der Waals surface area contributed by atoms with Crippen molar-refractivity contribution in [1.29, 1.82) is 0 Å². The molecule has 3 aromatic heterocycles. The van der Waals surface area contributed by atoms with E-state index in [9.17, 15) is 0 Å². The Hall–Kier alpha value is -3.37. The summed E-state index contributed by atoms with van der Waals surface area (Å²) < 4.78 is 53.6. The molecule has 0 fully saturated rings. The number of hydrogen-bond donors (Lipinski definition) is 0. The van der Waals surface area contributed by atoms with Gasteiger partial charge in [-0.3, -0.25) is 0 Å².